The molecule has 2 rings (SSSR count). The van der Waals surface area contributed by atoms with Crippen LogP contribution in [0.25, 0.3) is 0 Å². The van der Waals surface area contributed by atoms with Gasteiger partial charge in [0, 0.05) is 6.54 Å². The first kappa shape index (κ1) is 14.7. The third-order valence-corrected chi connectivity index (χ3v) is 3.44. The Morgan fingerprint density at radius 1 is 0.950 bits per heavy atom. The Balaban J connectivity index is 1.82. The second-order valence-electron chi connectivity index (χ2n) is 5.08. The van der Waals surface area contributed by atoms with E-state index in [9.17, 15) is 8.78 Å². The van der Waals surface area contributed by atoms with Crippen molar-refractivity contribution in [3.05, 3.63) is 70.3 Å². The van der Waals surface area contributed by atoms with E-state index in [1.165, 1.54) is 6.07 Å². The number of hydrogen-bond acceptors (Lipinski definition) is 1. The van der Waals surface area contributed by atoms with E-state index in [4.69, 9.17) is 0 Å². The Bertz CT molecular complexity index is 594. The molecule has 0 aliphatic heterocycles. The van der Waals surface area contributed by atoms with Crippen molar-refractivity contribution in [2.24, 2.45) is 0 Å². The molecule has 2 aromatic carbocycles. The molecule has 0 atom stereocenters. The van der Waals surface area contributed by atoms with E-state index in [0.29, 0.717) is 12.1 Å². The lowest BCUT2D eigenvalue weighted by Gasteiger charge is -2.08. The highest BCUT2D eigenvalue weighted by atomic mass is 19.1. The first-order valence-corrected chi connectivity index (χ1v) is 6.77. The number of benzene rings is 2. The molecule has 0 aliphatic rings. The molecule has 0 unspecified atom stereocenters. The van der Waals surface area contributed by atoms with Crippen LogP contribution in [-0.2, 0) is 13.0 Å². The molecule has 0 heterocycles. The van der Waals surface area contributed by atoms with Gasteiger partial charge in [0.25, 0.3) is 0 Å². The van der Waals surface area contributed by atoms with Crippen LogP contribution in [0, 0.1) is 25.5 Å². The van der Waals surface area contributed by atoms with Crippen LogP contribution in [0.5, 0.6) is 0 Å². The van der Waals surface area contributed by atoms with Gasteiger partial charge in [-0.1, -0.05) is 18.2 Å². The zero-order valence-electron chi connectivity index (χ0n) is 11.8. The predicted octanol–water partition coefficient (Wildman–Crippen LogP) is 3.91. The van der Waals surface area contributed by atoms with Crippen molar-refractivity contribution >= 4 is 0 Å². The van der Waals surface area contributed by atoms with E-state index in [1.807, 2.05) is 19.1 Å². The molecule has 20 heavy (non-hydrogen) atoms. The van der Waals surface area contributed by atoms with Crippen LogP contribution >= 0.6 is 0 Å². The van der Waals surface area contributed by atoms with Crippen molar-refractivity contribution in [2.45, 2.75) is 26.8 Å². The van der Waals surface area contributed by atoms with Crippen molar-refractivity contribution in [3.63, 3.8) is 0 Å². The number of halogens is 2. The van der Waals surface area contributed by atoms with Crippen LogP contribution in [0.3, 0.4) is 0 Å². The summed E-state index contributed by atoms with van der Waals surface area (Å²) in [6, 6.07) is 10.1. The third-order valence-electron chi connectivity index (χ3n) is 3.44. The van der Waals surface area contributed by atoms with Crippen LogP contribution < -0.4 is 5.32 Å². The summed E-state index contributed by atoms with van der Waals surface area (Å²) in [6.45, 7) is 5.08. The fourth-order valence-electron chi connectivity index (χ4n) is 2.14. The Kier molecular flexibility index (Phi) is 4.85. The molecule has 0 spiro atoms. The average Bonchev–Trinajstić information content (AvgIpc) is 2.40. The maximum atomic E-state index is 13.4. The Morgan fingerprint density at radius 2 is 1.75 bits per heavy atom. The molecule has 0 aromatic heterocycles. The van der Waals surface area contributed by atoms with Crippen LogP contribution in [0.1, 0.15) is 22.3 Å². The summed E-state index contributed by atoms with van der Waals surface area (Å²) in [5.74, 6) is -0.368. The highest BCUT2D eigenvalue weighted by Crippen LogP contribution is 2.11. The van der Waals surface area contributed by atoms with Gasteiger partial charge in [0.1, 0.15) is 11.6 Å². The van der Waals surface area contributed by atoms with E-state index in [2.05, 4.69) is 5.32 Å². The summed E-state index contributed by atoms with van der Waals surface area (Å²) in [6.07, 6.45) is 0.834. The van der Waals surface area contributed by atoms with Crippen molar-refractivity contribution in [1.82, 2.24) is 5.32 Å². The average molecular weight is 275 g/mol. The fraction of sp³-hybridized carbons (Fsp3) is 0.294. The van der Waals surface area contributed by atoms with Crippen molar-refractivity contribution in [2.75, 3.05) is 6.54 Å². The van der Waals surface area contributed by atoms with E-state index in [0.717, 1.165) is 29.7 Å². The van der Waals surface area contributed by atoms with Crippen LogP contribution in [0.2, 0.25) is 0 Å². The second kappa shape index (κ2) is 6.62. The minimum Gasteiger partial charge on any atom is -0.312 e. The highest BCUT2D eigenvalue weighted by Gasteiger charge is 2.01. The summed E-state index contributed by atoms with van der Waals surface area (Å²) in [4.78, 5) is 0. The van der Waals surface area contributed by atoms with Gasteiger partial charge < -0.3 is 5.32 Å². The largest absolute Gasteiger partial charge is 0.312 e. The minimum absolute atomic E-state index is 0.168. The molecule has 0 saturated heterocycles. The molecule has 0 radical (unpaired) electrons. The summed E-state index contributed by atoms with van der Waals surface area (Å²) in [7, 11) is 0. The molecule has 0 saturated carbocycles. The van der Waals surface area contributed by atoms with Gasteiger partial charge in [-0.15, -0.1) is 0 Å². The summed E-state index contributed by atoms with van der Waals surface area (Å²) >= 11 is 0. The van der Waals surface area contributed by atoms with Gasteiger partial charge in [-0.05, 0) is 67.3 Å². The highest BCUT2D eigenvalue weighted by molar-refractivity contribution is 5.27. The molecule has 1 nitrogen and oxygen atoms in total. The quantitative estimate of drug-likeness (QED) is 0.816. The molecule has 0 amide bonds. The van der Waals surface area contributed by atoms with Gasteiger partial charge in [-0.25, -0.2) is 8.78 Å². The lowest BCUT2D eigenvalue weighted by molar-refractivity contribution is 0.611. The monoisotopic (exact) mass is 275 g/mol. The predicted molar refractivity (Wildman–Crippen MR) is 77.7 cm³/mol. The molecule has 0 bridgehead atoms. The van der Waals surface area contributed by atoms with Gasteiger partial charge in [-0.2, -0.15) is 0 Å². The normalized spacial score (nSPS) is 10.8. The van der Waals surface area contributed by atoms with Gasteiger partial charge in [-0.3, -0.25) is 0 Å². The minimum atomic E-state index is -0.200. The molecule has 1 N–H and O–H groups in total. The van der Waals surface area contributed by atoms with Gasteiger partial charge in [0.05, 0.1) is 0 Å². The van der Waals surface area contributed by atoms with Gasteiger partial charge >= 0.3 is 0 Å². The number of nitrogens with one attached hydrogen (secondary N) is 1. The number of hydrogen-bond donors (Lipinski definition) is 1. The first-order chi connectivity index (χ1) is 9.56. The van der Waals surface area contributed by atoms with Gasteiger partial charge in [0.2, 0.25) is 0 Å². The zero-order chi connectivity index (χ0) is 14.5. The second-order valence-corrected chi connectivity index (χ2v) is 5.08. The van der Waals surface area contributed by atoms with Gasteiger partial charge in [0.15, 0.2) is 0 Å². The molecule has 0 aliphatic carbocycles. The summed E-state index contributed by atoms with van der Waals surface area (Å²) < 4.78 is 26.4. The Labute approximate surface area is 118 Å². The maximum Gasteiger partial charge on any atom is 0.126 e. The van der Waals surface area contributed by atoms with E-state index >= 15 is 0 Å². The smallest absolute Gasteiger partial charge is 0.126 e. The van der Waals surface area contributed by atoms with Crippen LogP contribution in [-0.4, -0.2) is 6.54 Å². The van der Waals surface area contributed by atoms with Crippen LogP contribution in [0.15, 0.2) is 36.4 Å². The topological polar surface area (TPSA) is 12.0 Å². The lowest BCUT2D eigenvalue weighted by atomic mass is 10.1. The standard InChI is InChI=1S/C17H19F2N/c1-12-3-4-14(10-17(12)19)11-20-8-7-15-5-6-16(18)9-13(15)2/h3-6,9-10,20H,7-8,11H2,1-2H3. The molecule has 2 aromatic rings. The van der Waals surface area contributed by atoms with Crippen LogP contribution in [0.4, 0.5) is 8.78 Å². The van der Waals surface area contributed by atoms with Crippen molar-refractivity contribution in [3.8, 4) is 0 Å². The Morgan fingerprint density at radius 3 is 2.45 bits per heavy atom. The SMILES string of the molecule is Cc1ccc(CNCCc2ccc(F)cc2C)cc1F. The zero-order valence-corrected chi connectivity index (χ0v) is 11.8. The van der Waals surface area contributed by atoms with E-state index in [1.54, 1.807) is 25.1 Å². The molecular weight excluding hydrogens is 256 g/mol. The van der Waals surface area contributed by atoms with Crippen molar-refractivity contribution < 1.29 is 8.78 Å². The fourth-order valence-corrected chi connectivity index (χ4v) is 2.14. The lowest BCUT2D eigenvalue weighted by Crippen LogP contribution is -2.17. The third kappa shape index (κ3) is 3.87. The molecule has 3 heteroatoms. The first-order valence-electron chi connectivity index (χ1n) is 6.77. The van der Waals surface area contributed by atoms with Crippen molar-refractivity contribution in [1.29, 1.82) is 0 Å². The Hall–Kier alpha value is -1.74. The number of rotatable bonds is 5. The summed E-state index contributed by atoms with van der Waals surface area (Å²) in [5, 5.41) is 3.28. The van der Waals surface area contributed by atoms with E-state index < -0.39 is 0 Å². The maximum absolute atomic E-state index is 13.4. The van der Waals surface area contributed by atoms with E-state index in [-0.39, 0.29) is 11.6 Å². The molecule has 0 fully saturated rings. The molecule has 106 valence electrons. The number of aryl methyl sites for hydroxylation is 2. The molecular formula is C17H19F2N. The summed E-state index contributed by atoms with van der Waals surface area (Å²) in [5.41, 5.74) is 3.70.